The lowest BCUT2D eigenvalue weighted by Gasteiger charge is -2.30. The monoisotopic (exact) mass is 243 g/mol. The Morgan fingerprint density at radius 1 is 1.65 bits per heavy atom. The van der Waals surface area contributed by atoms with E-state index in [2.05, 4.69) is 22.5 Å². The Bertz CT molecular complexity index is 230. The average Bonchev–Trinajstić information content (AvgIpc) is 2.30. The van der Waals surface area contributed by atoms with Crippen molar-refractivity contribution in [2.75, 3.05) is 39.9 Å². The first kappa shape index (κ1) is 14.4. The lowest BCUT2D eigenvalue weighted by Crippen LogP contribution is -2.46. The van der Waals surface area contributed by atoms with Gasteiger partial charge in [-0.3, -0.25) is 9.69 Å². The lowest BCUT2D eigenvalue weighted by molar-refractivity contribution is -0.122. The summed E-state index contributed by atoms with van der Waals surface area (Å²) < 4.78 is 5.42. The van der Waals surface area contributed by atoms with Crippen LogP contribution in [0.25, 0.3) is 0 Å². The van der Waals surface area contributed by atoms with Gasteiger partial charge in [0.25, 0.3) is 0 Å². The molecule has 0 radical (unpaired) electrons. The molecule has 1 heterocycles. The van der Waals surface area contributed by atoms with E-state index in [0.29, 0.717) is 25.2 Å². The summed E-state index contributed by atoms with van der Waals surface area (Å²) in [5.74, 6) is 0.0923. The van der Waals surface area contributed by atoms with Crippen molar-refractivity contribution in [2.45, 2.75) is 32.4 Å². The fraction of sp³-hybridized carbons (Fsp3) is 0.917. The second kappa shape index (κ2) is 7.63. The summed E-state index contributed by atoms with van der Waals surface area (Å²) in [7, 11) is 1.99. The zero-order valence-corrected chi connectivity index (χ0v) is 11.2. The Morgan fingerprint density at radius 3 is 3.00 bits per heavy atom. The van der Waals surface area contributed by atoms with Gasteiger partial charge in [0.05, 0.1) is 19.8 Å². The van der Waals surface area contributed by atoms with E-state index >= 15 is 0 Å². The van der Waals surface area contributed by atoms with Crippen LogP contribution in [0.1, 0.15) is 20.3 Å². The molecule has 5 nitrogen and oxygen atoms in total. The third-order valence-electron chi connectivity index (χ3n) is 3.14. The van der Waals surface area contributed by atoms with E-state index < -0.39 is 0 Å². The third-order valence-corrected chi connectivity index (χ3v) is 3.14. The molecule has 17 heavy (non-hydrogen) atoms. The van der Waals surface area contributed by atoms with E-state index in [9.17, 15) is 4.79 Å². The molecule has 0 spiro atoms. The second-order valence-electron chi connectivity index (χ2n) is 4.68. The summed E-state index contributed by atoms with van der Waals surface area (Å²) in [6, 6.07) is 0.784. The Balaban J connectivity index is 2.25. The third kappa shape index (κ3) is 5.48. The first-order valence-electron chi connectivity index (χ1n) is 6.41. The van der Waals surface area contributed by atoms with Crippen molar-refractivity contribution in [3.8, 4) is 0 Å². The summed E-state index contributed by atoms with van der Waals surface area (Å²) in [5.41, 5.74) is 0. The van der Waals surface area contributed by atoms with Gasteiger partial charge in [-0.05, 0) is 27.3 Å². The number of hydrogen-bond donors (Lipinski definition) is 2. The number of rotatable bonds is 6. The molecule has 2 N–H and O–H groups in total. The van der Waals surface area contributed by atoms with Gasteiger partial charge >= 0.3 is 0 Å². The Kier molecular flexibility index (Phi) is 6.47. The number of hydrogen-bond acceptors (Lipinski definition) is 4. The van der Waals surface area contributed by atoms with E-state index in [4.69, 9.17) is 4.74 Å². The molecule has 0 bridgehead atoms. The average molecular weight is 243 g/mol. The van der Waals surface area contributed by atoms with Crippen molar-refractivity contribution in [2.24, 2.45) is 0 Å². The summed E-state index contributed by atoms with van der Waals surface area (Å²) in [6.07, 6.45) is 1.01. The predicted octanol–water partition coefficient (Wildman–Crippen LogP) is -0.179. The molecule has 5 heteroatoms. The molecule has 1 aliphatic rings. The topological polar surface area (TPSA) is 53.6 Å². The molecule has 1 rings (SSSR count). The zero-order valence-electron chi connectivity index (χ0n) is 11.2. The van der Waals surface area contributed by atoms with Gasteiger partial charge in [0.15, 0.2) is 0 Å². The van der Waals surface area contributed by atoms with Gasteiger partial charge in [-0.25, -0.2) is 0 Å². The molecule has 2 unspecified atom stereocenters. The molecule has 1 saturated heterocycles. The van der Waals surface area contributed by atoms with Crippen LogP contribution in [0.2, 0.25) is 0 Å². The molecule has 2 atom stereocenters. The first-order valence-corrected chi connectivity index (χ1v) is 6.41. The second-order valence-corrected chi connectivity index (χ2v) is 4.68. The number of ether oxygens (including phenoxy) is 1. The number of nitrogens with one attached hydrogen (secondary N) is 2. The van der Waals surface area contributed by atoms with Crippen molar-refractivity contribution in [3.63, 3.8) is 0 Å². The van der Waals surface area contributed by atoms with E-state index in [0.717, 1.165) is 26.2 Å². The van der Waals surface area contributed by atoms with Gasteiger partial charge in [-0.1, -0.05) is 0 Å². The van der Waals surface area contributed by atoms with Crippen LogP contribution in [0.3, 0.4) is 0 Å². The number of nitrogens with zero attached hydrogens (tertiary/aromatic N) is 1. The fourth-order valence-electron chi connectivity index (χ4n) is 2.00. The molecule has 0 aromatic rings. The Morgan fingerprint density at radius 2 is 2.41 bits per heavy atom. The lowest BCUT2D eigenvalue weighted by atomic mass is 10.1. The fourth-order valence-corrected chi connectivity index (χ4v) is 2.00. The molecular weight excluding hydrogens is 218 g/mol. The van der Waals surface area contributed by atoms with Crippen LogP contribution in [-0.2, 0) is 9.53 Å². The zero-order chi connectivity index (χ0) is 12.7. The summed E-state index contributed by atoms with van der Waals surface area (Å²) in [5, 5.41) is 6.25. The Hall–Kier alpha value is -0.650. The molecule has 1 fully saturated rings. The molecular formula is C12H25N3O2. The standard InChI is InChI=1S/C12H25N3O2/c1-4-13-12(16)8-15(3)10(2)7-11-9-17-6-5-14-11/h10-11,14H,4-9H2,1-3H3,(H,13,16). The number of morpholine rings is 1. The highest BCUT2D eigenvalue weighted by Gasteiger charge is 2.19. The van der Waals surface area contributed by atoms with Crippen molar-refractivity contribution in [3.05, 3.63) is 0 Å². The van der Waals surface area contributed by atoms with Crippen molar-refractivity contribution < 1.29 is 9.53 Å². The number of carbonyl (C=O) groups excluding carboxylic acids is 1. The van der Waals surface area contributed by atoms with Crippen LogP contribution >= 0.6 is 0 Å². The van der Waals surface area contributed by atoms with E-state index in [1.54, 1.807) is 0 Å². The molecule has 0 saturated carbocycles. The van der Waals surface area contributed by atoms with Gasteiger partial charge in [0, 0.05) is 25.2 Å². The van der Waals surface area contributed by atoms with E-state index in [1.165, 1.54) is 0 Å². The number of carbonyl (C=O) groups is 1. The van der Waals surface area contributed by atoms with Gasteiger partial charge in [0.2, 0.25) is 5.91 Å². The van der Waals surface area contributed by atoms with Crippen molar-refractivity contribution in [1.29, 1.82) is 0 Å². The largest absolute Gasteiger partial charge is 0.379 e. The van der Waals surface area contributed by atoms with Crippen LogP contribution in [0.5, 0.6) is 0 Å². The molecule has 0 aromatic heterocycles. The van der Waals surface area contributed by atoms with Crippen LogP contribution in [0.4, 0.5) is 0 Å². The quantitative estimate of drug-likeness (QED) is 0.679. The van der Waals surface area contributed by atoms with Gasteiger partial charge in [-0.15, -0.1) is 0 Å². The maximum absolute atomic E-state index is 11.5. The van der Waals surface area contributed by atoms with Gasteiger partial charge in [0.1, 0.15) is 0 Å². The molecule has 1 aliphatic heterocycles. The smallest absolute Gasteiger partial charge is 0.234 e. The summed E-state index contributed by atoms with van der Waals surface area (Å²) >= 11 is 0. The molecule has 0 aromatic carbocycles. The highest BCUT2D eigenvalue weighted by Crippen LogP contribution is 2.07. The maximum atomic E-state index is 11.5. The molecule has 1 amide bonds. The molecule has 0 aliphatic carbocycles. The molecule has 100 valence electrons. The highest BCUT2D eigenvalue weighted by atomic mass is 16.5. The van der Waals surface area contributed by atoms with Crippen LogP contribution in [0.15, 0.2) is 0 Å². The van der Waals surface area contributed by atoms with E-state index in [-0.39, 0.29) is 5.91 Å². The minimum atomic E-state index is 0.0923. The van der Waals surface area contributed by atoms with Crippen LogP contribution in [-0.4, -0.2) is 62.8 Å². The number of likely N-dealkylation sites (N-methyl/N-ethyl adjacent to an activating group) is 2. The van der Waals surface area contributed by atoms with Crippen molar-refractivity contribution >= 4 is 5.91 Å². The highest BCUT2D eigenvalue weighted by molar-refractivity contribution is 5.77. The summed E-state index contributed by atoms with van der Waals surface area (Å²) in [6.45, 7) is 7.75. The summed E-state index contributed by atoms with van der Waals surface area (Å²) in [4.78, 5) is 13.5. The first-order chi connectivity index (χ1) is 8.13. The van der Waals surface area contributed by atoms with Gasteiger partial charge in [-0.2, -0.15) is 0 Å². The number of amides is 1. The van der Waals surface area contributed by atoms with Gasteiger partial charge < -0.3 is 15.4 Å². The normalized spacial score (nSPS) is 22.5. The maximum Gasteiger partial charge on any atom is 0.234 e. The van der Waals surface area contributed by atoms with Crippen LogP contribution in [0, 0.1) is 0 Å². The van der Waals surface area contributed by atoms with E-state index in [1.807, 2.05) is 14.0 Å². The Labute approximate surface area is 104 Å². The SMILES string of the molecule is CCNC(=O)CN(C)C(C)CC1COCCN1. The predicted molar refractivity (Wildman–Crippen MR) is 68.0 cm³/mol. The minimum absolute atomic E-state index is 0.0923. The minimum Gasteiger partial charge on any atom is -0.379 e. The van der Waals surface area contributed by atoms with Crippen molar-refractivity contribution in [1.82, 2.24) is 15.5 Å². The van der Waals surface area contributed by atoms with Crippen LogP contribution < -0.4 is 10.6 Å².